The largest absolute Gasteiger partial charge is 0.456 e. The summed E-state index contributed by atoms with van der Waals surface area (Å²) in [4.78, 5) is 11.5. The van der Waals surface area contributed by atoms with E-state index in [0.29, 0.717) is 6.42 Å². The summed E-state index contributed by atoms with van der Waals surface area (Å²) in [7, 11) is 0. The monoisotopic (exact) mass is 264 g/mol. The van der Waals surface area contributed by atoms with Crippen LogP contribution in [0.15, 0.2) is 12.2 Å². The molecule has 1 aliphatic carbocycles. The minimum atomic E-state index is -4.14. The minimum absolute atomic E-state index is 0.0286. The summed E-state index contributed by atoms with van der Waals surface area (Å²) in [6, 6.07) is 0. The van der Waals surface area contributed by atoms with E-state index in [1.165, 1.54) is 6.92 Å². The van der Waals surface area contributed by atoms with Crippen LogP contribution in [-0.2, 0) is 9.53 Å². The summed E-state index contributed by atoms with van der Waals surface area (Å²) < 4.78 is 43.0. The molecule has 0 heterocycles. The molecule has 1 fully saturated rings. The number of hydrogen-bond donors (Lipinski definition) is 0. The molecule has 0 aromatic heterocycles. The van der Waals surface area contributed by atoms with Gasteiger partial charge in [0, 0.05) is 5.57 Å². The summed E-state index contributed by atoms with van der Waals surface area (Å²) in [5.41, 5.74) is -0.460. The van der Waals surface area contributed by atoms with Crippen LogP contribution in [0.25, 0.3) is 0 Å². The van der Waals surface area contributed by atoms with Crippen molar-refractivity contribution in [1.29, 1.82) is 0 Å². The van der Waals surface area contributed by atoms with Gasteiger partial charge in [-0.1, -0.05) is 13.5 Å². The molecule has 1 rings (SSSR count). The number of rotatable bonds is 3. The summed E-state index contributed by atoms with van der Waals surface area (Å²) in [5, 5.41) is 0. The van der Waals surface area contributed by atoms with E-state index in [2.05, 4.69) is 6.58 Å². The zero-order valence-electron chi connectivity index (χ0n) is 10.8. The van der Waals surface area contributed by atoms with Crippen molar-refractivity contribution in [2.75, 3.05) is 0 Å². The van der Waals surface area contributed by atoms with Gasteiger partial charge >= 0.3 is 12.1 Å². The van der Waals surface area contributed by atoms with Crippen LogP contribution in [0.2, 0.25) is 0 Å². The Bertz CT molecular complexity index is 326. The molecule has 5 heteroatoms. The predicted octanol–water partition coefficient (Wildman–Crippen LogP) is 4.01. The second kappa shape index (κ2) is 5.33. The first-order valence-corrected chi connectivity index (χ1v) is 6.16. The van der Waals surface area contributed by atoms with Crippen molar-refractivity contribution in [1.82, 2.24) is 0 Å². The molecule has 1 saturated carbocycles. The Morgan fingerprint density at radius 1 is 1.39 bits per heavy atom. The van der Waals surface area contributed by atoms with Crippen LogP contribution in [0.1, 0.15) is 46.0 Å². The second-order valence-electron chi connectivity index (χ2n) is 5.02. The third kappa shape index (κ3) is 3.50. The summed E-state index contributed by atoms with van der Waals surface area (Å²) in [6.07, 6.45) is -3.00. The molecular weight excluding hydrogens is 245 g/mol. The fourth-order valence-electron chi connectivity index (χ4n) is 2.28. The number of carbonyl (C=O) groups is 1. The lowest BCUT2D eigenvalue weighted by Gasteiger charge is -2.39. The molecule has 0 N–H and O–H groups in total. The van der Waals surface area contributed by atoms with Crippen molar-refractivity contribution in [3.05, 3.63) is 12.2 Å². The fraction of sp³-hybridized carbons (Fsp3) is 0.769. The third-order valence-electron chi connectivity index (χ3n) is 3.66. The highest BCUT2D eigenvalue weighted by Crippen LogP contribution is 2.44. The molecule has 1 aliphatic rings. The highest BCUT2D eigenvalue weighted by Gasteiger charge is 2.46. The van der Waals surface area contributed by atoms with Gasteiger partial charge in [0.2, 0.25) is 0 Å². The van der Waals surface area contributed by atoms with Gasteiger partial charge in [0.15, 0.2) is 0 Å². The number of halogens is 3. The Labute approximate surface area is 105 Å². The van der Waals surface area contributed by atoms with Gasteiger partial charge in [0.1, 0.15) is 5.60 Å². The maximum atomic E-state index is 12.6. The van der Waals surface area contributed by atoms with E-state index in [1.807, 2.05) is 6.92 Å². The zero-order valence-corrected chi connectivity index (χ0v) is 10.8. The van der Waals surface area contributed by atoms with Gasteiger partial charge < -0.3 is 4.74 Å². The summed E-state index contributed by atoms with van der Waals surface area (Å²) in [5.74, 6) is -1.77. The third-order valence-corrected chi connectivity index (χ3v) is 3.66. The molecule has 0 radical (unpaired) electrons. The quantitative estimate of drug-likeness (QED) is 0.568. The lowest BCUT2D eigenvalue weighted by atomic mass is 9.77. The van der Waals surface area contributed by atoms with Gasteiger partial charge in [-0.15, -0.1) is 0 Å². The lowest BCUT2D eigenvalue weighted by Crippen LogP contribution is -2.41. The van der Waals surface area contributed by atoms with E-state index in [9.17, 15) is 18.0 Å². The van der Waals surface area contributed by atoms with E-state index in [0.717, 1.165) is 0 Å². The Morgan fingerprint density at radius 3 is 2.22 bits per heavy atom. The average molecular weight is 264 g/mol. The highest BCUT2D eigenvalue weighted by molar-refractivity contribution is 5.87. The van der Waals surface area contributed by atoms with Crippen molar-refractivity contribution in [3.63, 3.8) is 0 Å². The lowest BCUT2D eigenvalue weighted by molar-refractivity contribution is -0.197. The molecule has 0 spiro atoms. The Hall–Kier alpha value is -1.00. The Morgan fingerprint density at radius 2 is 1.89 bits per heavy atom. The van der Waals surface area contributed by atoms with E-state index in [1.54, 1.807) is 0 Å². The maximum Gasteiger partial charge on any atom is 0.391 e. The Balaban J connectivity index is 2.66. The standard InChI is InChI=1S/C13H19F3O2/c1-4-12(18-11(17)9(2)3)7-5-10(6-8-12)13(14,15)16/h10H,2,4-8H2,1,3H3. The Kier molecular flexibility index (Phi) is 4.46. The first-order valence-electron chi connectivity index (χ1n) is 6.16. The molecule has 0 aliphatic heterocycles. The summed E-state index contributed by atoms with van der Waals surface area (Å²) in [6.45, 7) is 6.85. The molecule has 0 bridgehead atoms. The van der Waals surface area contributed by atoms with Crippen LogP contribution < -0.4 is 0 Å². The van der Waals surface area contributed by atoms with Gasteiger partial charge in [-0.25, -0.2) is 4.79 Å². The van der Waals surface area contributed by atoms with Gasteiger partial charge in [0.05, 0.1) is 5.92 Å². The number of carbonyl (C=O) groups excluding carboxylic acids is 1. The van der Waals surface area contributed by atoms with Crippen molar-refractivity contribution in [2.45, 2.75) is 57.7 Å². The normalized spacial score (nSPS) is 28.8. The SMILES string of the molecule is C=C(C)C(=O)OC1(CC)CCC(C(F)(F)F)CC1. The molecule has 0 aromatic carbocycles. The van der Waals surface area contributed by atoms with Crippen molar-refractivity contribution in [2.24, 2.45) is 5.92 Å². The molecule has 0 amide bonds. The average Bonchev–Trinajstić information content (AvgIpc) is 2.28. The van der Waals surface area contributed by atoms with Gasteiger partial charge in [0.25, 0.3) is 0 Å². The smallest absolute Gasteiger partial charge is 0.391 e. The van der Waals surface area contributed by atoms with Crippen LogP contribution in [-0.4, -0.2) is 17.7 Å². The van der Waals surface area contributed by atoms with Gasteiger partial charge in [-0.05, 0) is 39.0 Å². The maximum absolute atomic E-state index is 12.6. The van der Waals surface area contributed by atoms with Crippen LogP contribution in [0.3, 0.4) is 0 Å². The van der Waals surface area contributed by atoms with Gasteiger partial charge in [-0.2, -0.15) is 13.2 Å². The molecule has 104 valence electrons. The molecule has 0 unspecified atom stereocenters. The molecule has 0 saturated heterocycles. The first kappa shape index (κ1) is 15.1. The van der Waals surface area contributed by atoms with Crippen LogP contribution in [0.5, 0.6) is 0 Å². The van der Waals surface area contributed by atoms with Crippen molar-refractivity contribution >= 4 is 5.97 Å². The summed E-state index contributed by atoms with van der Waals surface area (Å²) >= 11 is 0. The topological polar surface area (TPSA) is 26.3 Å². The second-order valence-corrected chi connectivity index (χ2v) is 5.02. The molecular formula is C13H19F3O2. The van der Waals surface area contributed by atoms with Gasteiger partial charge in [-0.3, -0.25) is 0 Å². The van der Waals surface area contributed by atoms with E-state index >= 15 is 0 Å². The first-order chi connectivity index (χ1) is 8.20. The molecule has 18 heavy (non-hydrogen) atoms. The number of alkyl halides is 3. The van der Waals surface area contributed by atoms with E-state index in [4.69, 9.17) is 4.74 Å². The minimum Gasteiger partial charge on any atom is -0.456 e. The molecule has 0 aromatic rings. The number of hydrogen-bond acceptors (Lipinski definition) is 2. The van der Waals surface area contributed by atoms with Crippen LogP contribution in [0.4, 0.5) is 13.2 Å². The molecule has 2 nitrogen and oxygen atoms in total. The highest BCUT2D eigenvalue weighted by atomic mass is 19.4. The van der Waals surface area contributed by atoms with Crippen LogP contribution in [0, 0.1) is 5.92 Å². The fourth-order valence-corrected chi connectivity index (χ4v) is 2.28. The van der Waals surface area contributed by atoms with Crippen molar-refractivity contribution < 1.29 is 22.7 Å². The van der Waals surface area contributed by atoms with E-state index in [-0.39, 0.29) is 31.3 Å². The number of esters is 1. The van der Waals surface area contributed by atoms with E-state index < -0.39 is 23.7 Å². The van der Waals surface area contributed by atoms with Crippen molar-refractivity contribution in [3.8, 4) is 0 Å². The molecule has 0 atom stereocenters. The van der Waals surface area contributed by atoms with Crippen LogP contribution >= 0.6 is 0 Å². The predicted molar refractivity (Wildman–Crippen MR) is 61.9 cm³/mol. The zero-order chi connectivity index (χ0) is 14.0. The number of ether oxygens (including phenoxy) is 1.